The van der Waals surface area contributed by atoms with Crippen molar-refractivity contribution >= 4 is 41.5 Å². The van der Waals surface area contributed by atoms with E-state index in [0.29, 0.717) is 23.0 Å². The van der Waals surface area contributed by atoms with Gasteiger partial charge in [-0.3, -0.25) is 4.79 Å². The SMILES string of the molecule is CCNCCNC(=O)Cc1c(C)nn(-c2ccc(Cl)c(Cl)c2)c1C.Cl. The molecule has 0 spiro atoms. The van der Waals surface area contributed by atoms with Gasteiger partial charge in [0.2, 0.25) is 5.91 Å². The second-order valence-electron chi connectivity index (χ2n) is 5.54. The first-order valence-electron chi connectivity index (χ1n) is 7.92. The van der Waals surface area contributed by atoms with E-state index in [9.17, 15) is 4.79 Å². The number of aryl methyl sites for hydroxylation is 1. The number of carbonyl (C=O) groups is 1. The first kappa shape index (κ1) is 21.8. The molecule has 2 aromatic rings. The molecule has 0 saturated heterocycles. The van der Waals surface area contributed by atoms with Crippen molar-refractivity contribution in [3.05, 3.63) is 45.2 Å². The average molecular weight is 406 g/mol. The maximum Gasteiger partial charge on any atom is 0.224 e. The van der Waals surface area contributed by atoms with E-state index in [2.05, 4.69) is 15.7 Å². The first-order valence-corrected chi connectivity index (χ1v) is 8.67. The fraction of sp³-hybridized carbons (Fsp3) is 0.412. The van der Waals surface area contributed by atoms with Crippen molar-refractivity contribution < 1.29 is 4.79 Å². The molecular formula is C17H23Cl3N4O. The molecule has 2 rings (SSSR count). The van der Waals surface area contributed by atoms with Crippen molar-refractivity contribution in [3.8, 4) is 5.69 Å². The van der Waals surface area contributed by atoms with Crippen molar-refractivity contribution in [1.82, 2.24) is 20.4 Å². The van der Waals surface area contributed by atoms with Crippen LogP contribution in [0.1, 0.15) is 23.9 Å². The van der Waals surface area contributed by atoms with Gasteiger partial charge in [-0.25, -0.2) is 4.68 Å². The number of aromatic nitrogens is 2. The number of amides is 1. The molecule has 0 fully saturated rings. The van der Waals surface area contributed by atoms with Crippen LogP contribution in [0.2, 0.25) is 10.0 Å². The quantitative estimate of drug-likeness (QED) is 0.693. The van der Waals surface area contributed by atoms with Crippen LogP contribution in [-0.4, -0.2) is 35.3 Å². The van der Waals surface area contributed by atoms with Gasteiger partial charge in [-0.15, -0.1) is 12.4 Å². The maximum absolute atomic E-state index is 12.1. The molecule has 0 radical (unpaired) electrons. The van der Waals surface area contributed by atoms with Crippen LogP contribution >= 0.6 is 35.6 Å². The maximum atomic E-state index is 12.1. The summed E-state index contributed by atoms with van der Waals surface area (Å²) in [6.45, 7) is 8.16. The average Bonchev–Trinajstić information content (AvgIpc) is 2.82. The third kappa shape index (κ3) is 5.61. The van der Waals surface area contributed by atoms with Gasteiger partial charge in [0.25, 0.3) is 0 Å². The van der Waals surface area contributed by atoms with E-state index in [-0.39, 0.29) is 18.3 Å². The second kappa shape index (κ2) is 10.0. The molecule has 1 heterocycles. The summed E-state index contributed by atoms with van der Waals surface area (Å²) >= 11 is 12.1. The number of nitrogens with zero attached hydrogens (tertiary/aromatic N) is 2. The molecule has 138 valence electrons. The molecule has 5 nitrogen and oxygen atoms in total. The van der Waals surface area contributed by atoms with Gasteiger partial charge in [0.1, 0.15) is 0 Å². The fourth-order valence-corrected chi connectivity index (χ4v) is 2.78. The highest BCUT2D eigenvalue weighted by Gasteiger charge is 2.16. The van der Waals surface area contributed by atoms with Crippen molar-refractivity contribution in [2.45, 2.75) is 27.2 Å². The summed E-state index contributed by atoms with van der Waals surface area (Å²) in [6, 6.07) is 5.36. The van der Waals surface area contributed by atoms with Gasteiger partial charge in [-0.05, 0) is 38.6 Å². The van der Waals surface area contributed by atoms with E-state index >= 15 is 0 Å². The summed E-state index contributed by atoms with van der Waals surface area (Å²) < 4.78 is 1.79. The summed E-state index contributed by atoms with van der Waals surface area (Å²) in [6.07, 6.45) is 0.311. The highest BCUT2D eigenvalue weighted by atomic mass is 35.5. The van der Waals surface area contributed by atoms with Gasteiger partial charge < -0.3 is 10.6 Å². The van der Waals surface area contributed by atoms with Gasteiger partial charge in [0, 0.05) is 24.3 Å². The van der Waals surface area contributed by atoms with Crippen LogP contribution in [0.25, 0.3) is 5.69 Å². The Labute approximate surface area is 164 Å². The molecule has 8 heteroatoms. The number of nitrogens with one attached hydrogen (secondary N) is 2. The molecule has 0 bridgehead atoms. The van der Waals surface area contributed by atoms with Crippen LogP contribution in [0, 0.1) is 13.8 Å². The van der Waals surface area contributed by atoms with Gasteiger partial charge in [0.05, 0.1) is 27.8 Å². The standard InChI is InChI=1S/C17H22Cl2N4O.ClH/c1-4-20-7-8-21-17(24)10-14-11(2)22-23(12(14)3)13-5-6-15(18)16(19)9-13;/h5-6,9,20H,4,7-8,10H2,1-3H3,(H,21,24);1H. The van der Waals surface area contributed by atoms with E-state index in [1.54, 1.807) is 16.8 Å². The number of rotatable bonds is 7. The van der Waals surface area contributed by atoms with E-state index < -0.39 is 0 Å². The zero-order valence-electron chi connectivity index (χ0n) is 14.5. The monoisotopic (exact) mass is 404 g/mol. The molecular weight excluding hydrogens is 383 g/mol. The van der Waals surface area contributed by atoms with Gasteiger partial charge in [-0.2, -0.15) is 5.10 Å². The summed E-state index contributed by atoms with van der Waals surface area (Å²) in [5.41, 5.74) is 3.51. The number of hydrogen-bond acceptors (Lipinski definition) is 3. The predicted octanol–water partition coefficient (Wildman–Crippen LogP) is 3.49. The lowest BCUT2D eigenvalue weighted by atomic mass is 10.1. The largest absolute Gasteiger partial charge is 0.355 e. The molecule has 0 atom stereocenters. The van der Waals surface area contributed by atoms with Gasteiger partial charge in [-0.1, -0.05) is 30.1 Å². The smallest absolute Gasteiger partial charge is 0.224 e. The minimum absolute atomic E-state index is 0. The molecule has 0 unspecified atom stereocenters. The third-order valence-corrected chi connectivity index (χ3v) is 4.54. The lowest BCUT2D eigenvalue weighted by Gasteiger charge is -2.08. The zero-order valence-corrected chi connectivity index (χ0v) is 16.9. The zero-order chi connectivity index (χ0) is 17.7. The Morgan fingerprint density at radius 3 is 2.56 bits per heavy atom. The predicted molar refractivity (Wildman–Crippen MR) is 106 cm³/mol. The van der Waals surface area contributed by atoms with Crippen molar-refractivity contribution in [3.63, 3.8) is 0 Å². The van der Waals surface area contributed by atoms with Crippen LogP contribution in [0.4, 0.5) is 0 Å². The Morgan fingerprint density at radius 2 is 1.92 bits per heavy atom. The highest BCUT2D eigenvalue weighted by molar-refractivity contribution is 6.42. The van der Waals surface area contributed by atoms with Crippen LogP contribution < -0.4 is 10.6 Å². The van der Waals surface area contributed by atoms with Crippen LogP contribution in [0.15, 0.2) is 18.2 Å². The Kier molecular flexibility index (Phi) is 8.73. The summed E-state index contributed by atoms with van der Waals surface area (Å²) in [5, 5.41) is 11.6. The number of carbonyl (C=O) groups excluding carboxylic acids is 1. The molecule has 1 aromatic heterocycles. The number of likely N-dealkylation sites (N-methyl/N-ethyl adjacent to an activating group) is 1. The van der Waals surface area contributed by atoms with Crippen molar-refractivity contribution in [2.75, 3.05) is 19.6 Å². The number of halogens is 3. The highest BCUT2D eigenvalue weighted by Crippen LogP contribution is 2.26. The van der Waals surface area contributed by atoms with Crippen molar-refractivity contribution in [1.29, 1.82) is 0 Å². The van der Waals surface area contributed by atoms with E-state index in [0.717, 1.165) is 35.7 Å². The van der Waals surface area contributed by atoms with E-state index in [1.165, 1.54) is 0 Å². The summed E-state index contributed by atoms with van der Waals surface area (Å²) in [7, 11) is 0. The first-order chi connectivity index (χ1) is 11.4. The molecule has 0 aliphatic rings. The Bertz CT molecular complexity index is 731. The van der Waals surface area contributed by atoms with Gasteiger partial charge in [0.15, 0.2) is 0 Å². The summed E-state index contributed by atoms with van der Waals surface area (Å²) in [4.78, 5) is 12.1. The number of benzene rings is 1. The molecule has 0 aliphatic carbocycles. The van der Waals surface area contributed by atoms with E-state index in [4.69, 9.17) is 23.2 Å². The molecule has 1 amide bonds. The Balaban J connectivity index is 0.00000312. The summed E-state index contributed by atoms with van der Waals surface area (Å²) in [5.74, 6) is -0.00667. The Morgan fingerprint density at radius 1 is 1.20 bits per heavy atom. The lowest BCUT2D eigenvalue weighted by Crippen LogP contribution is -2.32. The fourth-order valence-electron chi connectivity index (χ4n) is 2.49. The van der Waals surface area contributed by atoms with Crippen LogP contribution in [0.3, 0.4) is 0 Å². The van der Waals surface area contributed by atoms with Crippen LogP contribution in [0.5, 0.6) is 0 Å². The molecule has 25 heavy (non-hydrogen) atoms. The molecule has 2 N–H and O–H groups in total. The van der Waals surface area contributed by atoms with E-state index in [1.807, 2.05) is 26.8 Å². The lowest BCUT2D eigenvalue weighted by molar-refractivity contribution is -0.120. The topological polar surface area (TPSA) is 58.9 Å². The molecule has 1 aromatic carbocycles. The number of hydrogen-bond donors (Lipinski definition) is 2. The van der Waals surface area contributed by atoms with Crippen LogP contribution in [-0.2, 0) is 11.2 Å². The normalized spacial score (nSPS) is 10.4. The minimum Gasteiger partial charge on any atom is -0.355 e. The third-order valence-electron chi connectivity index (χ3n) is 3.80. The Hall–Kier alpha value is -1.27. The minimum atomic E-state index is -0.00667. The second-order valence-corrected chi connectivity index (χ2v) is 6.35. The van der Waals surface area contributed by atoms with Gasteiger partial charge >= 0.3 is 0 Å². The molecule has 0 aliphatic heterocycles. The molecule has 0 saturated carbocycles. The van der Waals surface area contributed by atoms with Crippen molar-refractivity contribution in [2.24, 2.45) is 0 Å².